The number of hydrogen-bond acceptors (Lipinski definition) is 4. The summed E-state index contributed by atoms with van der Waals surface area (Å²) in [6.07, 6.45) is 1.39. The molecule has 0 spiro atoms. The van der Waals surface area contributed by atoms with Crippen LogP contribution in [0.4, 0.5) is 0 Å². The van der Waals surface area contributed by atoms with Crippen LogP contribution in [0.1, 0.15) is 29.0 Å². The van der Waals surface area contributed by atoms with Crippen LogP contribution in [0.25, 0.3) is 5.57 Å². The lowest BCUT2D eigenvalue weighted by molar-refractivity contribution is -0.484. The largest absolute Gasteiger partial charge is 0.265 e. The Bertz CT molecular complexity index is 968. The monoisotopic (exact) mass is 377 g/mol. The van der Waals surface area contributed by atoms with Crippen LogP contribution in [0, 0.1) is 38.7 Å². The molecule has 0 aliphatic heterocycles. The number of fused-ring (bicyclic) bond motifs is 1. The number of nitro groups is 1. The van der Waals surface area contributed by atoms with Gasteiger partial charge in [0.25, 0.3) is 0 Å². The zero-order valence-electron chi connectivity index (χ0n) is 14.4. The minimum absolute atomic E-state index is 0.0226. The van der Waals surface area contributed by atoms with Gasteiger partial charge < -0.3 is 0 Å². The van der Waals surface area contributed by atoms with E-state index in [1.165, 1.54) is 0 Å². The Labute approximate surface area is 162 Å². The van der Waals surface area contributed by atoms with E-state index in [0.717, 1.165) is 23.1 Å². The first-order chi connectivity index (χ1) is 13.0. The van der Waals surface area contributed by atoms with Crippen molar-refractivity contribution in [3.63, 3.8) is 0 Å². The van der Waals surface area contributed by atoms with Gasteiger partial charge in [0.05, 0.1) is 5.92 Å². The highest BCUT2D eigenvalue weighted by Gasteiger charge is 2.36. The molecule has 5 nitrogen and oxygen atoms in total. The lowest BCUT2D eigenvalue weighted by Gasteiger charge is -2.32. The predicted molar refractivity (Wildman–Crippen MR) is 102 cm³/mol. The number of hydrogen-bond donors (Lipinski definition) is 0. The molecular weight excluding hydrogens is 362 g/mol. The zero-order chi connectivity index (χ0) is 19.4. The maximum Gasteiger partial charge on any atom is 0.211 e. The van der Waals surface area contributed by atoms with Crippen molar-refractivity contribution >= 4 is 17.2 Å². The number of rotatable bonds is 4. The number of aryl methyl sites for hydroxylation is 1. The van der Waals surface area contributed by atoms with Crippen LogP contribution in [0.3, 0.4) is 0 Å². The highest BCUT2D eigenvalue weighted by atomic mass is 35.5. The number of halogens is 1. The number of benzene rings is 2. The van der Waals surface area contributed by atoms with Gasteiger partial charge in [-0.25, -0.2) is 0 Å². The van der Waals surface area contributed by atoms with Gasteiger partial charge in [-0.2, -0.15) is 10.5 Å². The number of allylic oxidation sites excluding steroid dienone is 2. The van der Waals surface area contributed by atoms with E-state index >= 15 is 0 Å². The SMILES string of the molecule is N#CC(C#N)=C1c2ccccc2CC[C@H]1[C@@H](C[N+](=O)[O-])c1ccc(Cl)cc1. The maximum absolute atomic E-state index is 11.4. The molecule has 2 aromatic carbocycles. The van der Waals surface area contributed by atoms with Crippen molar-refractivity contribution in [3.05, 3.63) is 85.9 Å². The Balaban J connectivity index is 2.17. The Morgan fingerprint density at radius 2 is 1.85 bits per heavy atom. The summed E-state index contributed by atoms with van der Waals surface area (Å²) >= 11 is 5.97. The minimum Gasteiger partial charge on any atom is -0.265 e. The Morgan fingerprint density at radius 1 is 1.19 bits per heavy atom. The molecule has 0 fully saturated rings. The fourth-order valence-electron chi connectivity index (χ4n) is 3.86. The van der Waals surface area contributed by atoms with Crippen molar-refractivity contribution in [2.24, 2.45) is 5.92 Å². The molecule has 6 heteroatoms. The second kappa shape index (κ2) is 8.03. The van der Waals surface area contributed by atoms with E-state index in [-0.39, 0.29) is 23.0 Å². The molecule has 0 bridgehead atoms. The van der Waals surface area contributed by atoms with Gasteiger partial charge in [-0.3, -0.25) is 10.1 Å². The second-order valence-corrected chi connectivity index (χ2v) is 6.92. The van der Waals surface area contributed by atoms with Gasteiger partial charge in [0, 0.05) is 9.95 Å². The summed E-state index contributed by atoms with van der Waals surface area (Å²) in [7, 11) is 0. The summed E-state index contributed by atoms with van der Waals surface area (Å²) in [5.74, 6) is -0.738. The van der Waals surface area contributed by atoms with E-state index in [9.17, 15) is 20.6 Å². The Hall–Kier alpha value is -3.15. The van der Waals surface area contributed by atoms with Crippen LogP contribution < -0.4 is 0 Å². The van der Waals surface area contributed by atoms with Crippen LogP contribution in [0.15, 0.2) is 54.1 Å². The van der Waals surface area contributed by atoms with Crippen molar-refractivity contribution in [3.8, 4) is 12.1 Å². The van der Waals surface area contributed by atoms with Crippen LogP contribution in [0.5, 0.6) is 0 Å². The first-order valence-corrected chi connectivity index (χ1v) is 8.92. The molecule has 3 rings (SSSR count). The molecule has 0 heterocycles. The predicted octanol–water partition coefficient (Wildman–Crippen LogP) is 4.76. The highest BCUT2D eigenvalue weighted by molar-refractivity contribution is 6.30. The minimum atomic E-state index is -0.447. The molecule has 2 atom stereocenters. The van der Waals surface area contributed by atoms with E-state index in [1.807, 2.05) is 36.4 Å². The van der Waals surface area contributed by atoms with Gasteiger partial charge in [0.15, 0.2) is 0 Å². The van der Waals surface area contributed by atoms with Gasteiger partial charge in [-0.05, 0) is 53.2 Å². The Morgan fingerprint density at radius 3 is 2.48 bits per heavy atom. The summed E-state index contributed by atoms with van der Waals surface area (Å²) < 4.78 is 0. The molecule has 0 unspecified atom stereocenters. The Kier molecular flexibility index (Phi) is 5.54. The van der Waals surface area contributed by atoms with E-state index in [4.69, 9.17) is 11.6 Å². The second-order valence-electron chi connectivity index (χ2n) is 6.49. The van der Waals surface area contributed by atoms with Crippen molar-refractivity contribution in [1.82, 2.24) is 0 Å². The molecule has 2 aromatic rings. The highest BCUT2D eigenvalue weighted by Crippen LogP contribution is 2.45. The molecule has 0 saturated heterocycles. The molecule has 0 N–H and O–H groups in total. The van der Waals surface area contributed by atoms with Crippen molar-refractivity contribution in [2.75, 3.05) is 6.54 Å². The number of nitriles is 2. The summed E-state index contributed by atoms with van der Waals surface area (Å²) in [6, 6.07) is 18.6. The average molecular weight is 378 g/mol. The van der Waals surface area contributed by atoms with Crippen LogP contribution in [-0.4, -0.2) is 11.5 Å². The fourth-order valence-corrected chi connectivity index (χ4v) is 3.99. The molecule has 1 aliphatic rings. The smallest absolute Gasteiger partial charge is 0.211 e. The molecule has 134 valence electrons. The standard InChI is InChI=1S/C21H16ClN3O2/c22-17-8-5-15(6-9-17)20(13-25(26)27)19-10-7-14-3-1-2-4-18(14)21(19)16(11-23)12-24/h1-6,8-9,19-20H,7,10,13H2/t19-,20-/m0/s1. The number of nitrogens with zero attached hydrogens (tertiary/aromatic N) is 3. The van der Waals surface area contributed by atoms with Crippen molar-refractivity contribution in [1.29, 1.82) is 10.5 Å². The van der Waals surface area contributed by atoms with Crippen LogP contribution in [-0.2, 0) is 6.42 Å². The van der Waals surface area contributed by atoms with Gasteiger partial charge in [-0.15, -0.1) is 0 Å². The molecular formula is C21H16ClN3O2. The van der Waals surface area contributed by atoms with E-state index in [2.05, 4.69) is 0 Å². The summed E-state index contributed by atoms with van der Waals surface area (Å²) in [6.45, 7) is -0.276. The fraction of sp³-hybridized carbons (Fsp3) is 0.238. The summed E-state index contributed by atoms with van der Waals surface area (Å²) in [5.41, 5.74) is 3.32. The lowest BCUT2D eigenvalue weighted by atomic mass is 9.70. The van der Waals surface area contributed by atoms with E-state index < -0.39 is 5.92 Å². The molecule has 0 radical (unpaired) electrons. The van der Waals surface area contributed by atoms with Gasteiger partial charge in [0.1, 0.15) is 17.7 Å². The molecule has 1 aliphatic carbocycles. The molecule has 27 heavy (non-hydrogen) atoms. The molecule has 0 aromatic heterocycles. The average Bonchev–Trinajstić information content (AvgIpc) is 2.68. The van der Waals surface area contributed by atoms with Crippen LogP contribution >= 0.6 is 11.6 Å². The molecule has 0 amide bonds. The lowest BCUT2D eigenvalue weighted by Crippen LogP contribution is -2.26. The topological polar surface area (TPSA) is 90.7 Å². The summed E-state index contributed by atoms with van der Waals surface area (Å²) in [4.78, 5) is 11.0. The van der Waals surface area contributed by atoms with Gasteiger partial charge in [0.2, 0.25) is 6.54 Å². The first-order valence-electron chi connectivity index (χ1n) is 8.55. The first kappa shape index (κ1) is 18.6. The maximum atomic E-state index is 11.4. The van der Waals surface area contributed by atoms with Crippen LogP contribution in [0.2, 0.25) is 5.02 Å². The quantitative estimate of drug-likeness (QED) is 0.436. The van der Waals surface area contributed by atoms with Crippen molar-refractivity contribution < 1.29 is 4.92 Å². The third-order valence-electron chi connectivity index (χ3n) is 5.03. The van der Waals surface area contributed by atoms with Gasteiger partial charge >= 0.3 is 0 Å². The zero-order valence-corrected chi connectivity index (χ0v) is 15.2. The normalized spacial score (nSPS) is 16.6. The van der Waals surface area contributed by atoms with E-state index in [0.29, 0.717) is 17.0 Å². The third kappa shape index (κ3) is 3.84. The third-order valence-corrected chi connectivity index (χ3v) is 5.28. The summed E-state index contributed by atoms with van der Waals surface area (Å²) in [5, 5.41) is 31.0. The van der Waals surface area contributed by atoms with Crippen molar-refractivity contribution in [2.45, 2.75) is 18.8 Å². The van der Waals surface area contributed by atoms with E-state index in [1.54, 1.807) is 24.3 Å². The van der Waals surface area contributed by atoms with Gasteiger partial charge in [-0.1, -0.05) is 48.0 Å². The molecule has 0 saturated carbocycles.